The summed E-state index contributed by atoms with van der Waals surface area (Å²) in [6, 6.07) is 14.9. The third kappa shape index (κ3) is 4.57. The lowest BCUT2D eigenvalue weighted by molar-refractivity contribution is -0.120. The summed E-state index contributed by atoms with van der Waals surface area (Å²) in [5, 5.41) is 8.29. The molecule has 0 aliphatic rings. The van der Waals surface area contributed by atoms with E-state index >= 15 is 0 Å². The van der Waals surface area contributed by atoms with Gasteiger partial charge in [-0.1, -0.05) is 23.7 Å². The summed E-state index contributed by atoms with van der Waals surface area (Å²) in [6.45, 7) is 3.22. The standard InChI is InChI=1S/C24H20ClF2N3O2/c1-14(29-15(2)31)24(16-3-5-18(26)6-4-16)32-23-11-17-13-28-30(22(17)12-21(23)25)20-9-7-19(27)8-10-20/h3-14,24H,1-2H3,(H,29,31)/t14-,24-/m1/s1. The monoisotopic (exact) mass is 455 g/mol. The van der Waals surface area contributed by atoms with Crippen LogP contribution in [-0.4, -0.2) is 21.7 Å². The Morgan fingerprint density at radius 2 is 1.69 bits per heavy atom. The molecule has 0 bridgehead atoms. The maximum absolute atomic E-state index is 13.4. The third-order valence-corrected chi connectivity index (χ3v) is 5.33. The molecule has 164 valence electrons. The van der Waals surface area contributed by atoms with Gasteiger partial charge in [0.1, 0.15) is 23.5 Å². The molecular weight excluding hydrogens is 436 g/mol. The first-order valence-electron chi connectivity index (χ1n) is 9.94. The second-order valence-electron chi connectivity index (χ2n) is 7.45. The molecule has 0 saturated carbocycles. The van der Waals surface area contributed by atoms with E-state index in [0.717, 1.165) is 10.9 Å². The summed E-state index contributed by atoms with van der Waals surface area (Å²) < 4.78 is 34.6. The zero-order valence-corrected chi connectivity index (χ0v) is 18.1. The third-order valence-electron chi connectivity index (χ3n) is 5.03. The molecule has 4 aromatic rings. The van der Waals surface area contributed by atoms with Crippen LogP contribution < -0.4 is 10.1 Å². The summed E-state index contributed by atoms with van der Waals surface area (Å²) in [5.41, 5.74) is 2.10. The topological polar surface area (TPSA) is 56.1 Å². The second kappa shape index (κ2) is 8.96. The van der Waals surface area contributed by atoms with E-state index in [2.05, 4.69) is 10.4 Å². The fourth-order valence-electron chi connectivity index (χ4n) is 3.55. The fraction of sp³-hybridized carbons (Fsp3) is 0.167. The number of hydrogen-bond donors (Lipinski definition) is 1. The number of carbonyl (C=O) groups excluding carboxylic acids is 1. The lowest BCUT2D eigenvalue weighted by Crippen LogP contribution is -2.38. The van der Waals surface area contributed by atoms with Crippen LogP contribution >= 0.6 is 11.6 Å². The van der Waals surface area contributed by atoms with Gasteiger partial charge < -0.3 is 10.1 Å². The predicted molar refractivity (Wildman–Crippen MR) is 119 cm³/mol. The minimum atomic E-state index is -0.610. The van der Waals surface area contributed by atoms with Crippen LogP contribution in [0.3, 0.4) is 0 Å². The maximum Gasteiger partial charge on any atom is 0.217 e. The number of carbonyl (C=O) groups is 1. The van der Waals surface area contributed by atoms with Gasteiger partial charge in [0, 0.05) is 12.3 Å². The summed E-state index contributed by atoms with van der Waals surface area (Å²) in [4.78, 5) is 11.6. The van der Waals surface area contributed by atoms with Gasteiger partial charge in [0.25, 0.3) is 0 Å². The molecule has 2 atom stereocenters. The van der Waals surface area contributed by atoms with Gasteiger partial charge >= 0.3 is 0 Å². The number of ether oxygens (including phenoxy) is 1. The molecular formula is C24H20ClF2N3O2. The van der Waals surface area contributed by atoms with Crippen LogP contribution in [0.2, 0.25) is 5.02 Å². The smallest absolute Gasteiger partial charge is 0.217 e. The average Bonchev–Trinajstić information content (AvgIpc) is 3.15. The minimum Gasteiger partial charge on any atom is -0.482 e. The predicted octanol–water partition coefficient (Wildman–Crippen LogP) is 5.60. The second-order valence-corrected chi connectivity index (χ2v) is 7.86. The highest BCUT2D eigenvalue weighted by molar-refractivity contribution is 6.32. The number of amides is 1. The number of nitrogens with one attached hydrogen (secondary N) is 1. The number of rotatable bonds is 6. The Kier molecular flexibility index (Phi) is 6.10. The molecule has 1 amide bonds. The summed E-state index contributed by atoms with van der Waals surface area (Å²) >= 11 is 6.54. The van der Waals surface area contributed by atoms with Crippen molar-refractivity contribution < 1.29 is 18.3 Å². The molecule has 0 unspecified atom stereocenters. The number of hydrogen-bond acceptors (Lipinski definition) is 3. The lowest BCUT2D eigenvalue weighted by atomic mass is 10.0. The molecule has 0 spiro atoms. The molecule has 1 heterocycles. The van der Waals surface area contributed by atoms with Crippen LogP contribution in [-0.2, 0) is 4.79 Å². The normalized spacial score (nSPS) is 13.0. The van der Waals surface area contributed by atoms with E-state index in [0.29, 0.717) is 22.0 Å². The molecule has 0 aliphatic carbocycles. The van der Waals surface area contributed by atoms with Gasteiger partial charge in [-0.25, -0.2) is 13.5 Å². The number of fused-ring (bicyclic) bond motifs is 1. The number of nitrogens with zero attached hydrogens (tertiary/aromatic N) is 2. The fourth-order valence-corrected chi connectivity index (χ4v) is 3.75. The van der Waals surface area contributed by atoms with E-state index in [1.165, 1.54) is 31.2 Å². The first kappa shape index (κ1) is 21.8. The zero-order valence-electron chi connectivity index (χ0n) is 17.4. The van der Waals surface area contributed by atoms with Crippen molar-refractivity contribution in [3.63, 3.8) is 0 Å². The van der Waals surface area contributed by atoms with Crippen LogP contribution in [0.4, 0.5) is 8.78 Å². The summed E-state index contributed by atoms with van der Waals surface area (Å²) in [7, 11) is 0. The van der Waals surface area contributed by atoms with Crippen molar-refractivity contribution in [1.82, 2.24) is 15.1 Å². The lowest BCUT2D eigenvalue weighted by Gasteiger charge is -2.26. The van der Waals surface area contributed by atoms with Gasteiger partial charge in [0.2, 0.25) is 5.91 Å². The van der Waals surface area contributed by atoms with Gasteiger partial charge in [-0.3, -0.25) is 4.79 Å². The van der Waals surface area contributed by atoms with Crippen molar-refractivity contribution in [2.24, 2.45) is 0 Å². The van der Waals surface area contributed by atoms with Gasteiger partial charge in [-0.2, -0.15) is 5.10 Å². The van der Waals surface area contributed by atoms with Crippen molar-refractivity contribution in [2.45, 2.75) is 26.0 Å². The Balaban J connectivity index is 1.70. The van der Waals surface area contributed by atoms with Gasteiger partial charge in [-0.15, -0.1) is 0 Å². The highest BCUT2D eigenvalue weighted by atomic mass is 35.5. The van der Waals surface area contributed by atoms with Crippen molar-refractivity contribution in [3.05, 3.63) is 89.1 Å². The molecule has 0 radical (unpaired) electrons. The van der Waals surface area contributed by atoms with Crippen LogP contribution in [0.5, 0.6) is 5.75 Å². The molecule has 4 rings (SSSR count). The van der Waals surface area contributed by atoms with Crippen molar-refractivity contribution in [3.8, 4) is 11.4 Å². The molecule has 32 heavy (non-hydrogen) atoms. The van der Waals surface area contributed by atoms with Crippen LogP contribution in [0, 0.1) is 11.6 Å². The molecule has 0 aliphatic heterocycles. The quantitative estimate of drug-likeness (QED) is 0.411. The Labute approximate surface area is 188 Å². The molecule has 3 aromatic carbocycles. The molecule has 1 N–H and O–H groups in total. The van der Waals surface area contributed by atoms with Crippen molar-refractivity contribution in [2.75, 3.05) is 0 Å². The SMILES string of the molecule is CC(=O)N[C@H](C)[C@@H](Oc1cc2cnn(-c3ccc(F)cc3)c2cc1Cl)c1ccc(F)cc1. The Bertz CT molecular complexity index is 1260. The highest BCUT2D eigenvalue weighted by Gasteiger charge is 2.24. The number of benzene rings is 3. The van der Waals surface area contributed by atoms with Gasteiger partial charge in [-0.05, 0) is 61.0 Å². The van der Waals surface area contributed by atoms with Gasteiger partial charge in [0.05, 0.1) is 28.5 Å². The maximum atomic E-state index is 13.4. The van der Waals surface area contributed by atoms with E-state index in [4.69, 9.17) is 16.3 Å². The minimum absolute atomic E-state index is 0.213. The van der Waals surface area contributed by atoms with Crippen molar-refractivity contribution in [1.29, 1.82) is 0 Å². The van der Waals surface area contributed by atoms with Crippen LogP contribution in [0.15, 0.2) is 66.9 Å². The summed E-state index contributed by atoms with van der Waals surface area (Å²) in [5.74, 6) is -0.522. The number of aromatic nitrogens is 2. The van der Waals surface area contributed by atoms with Crippen LogP contribution in [0.1, 0.15) is 25.5 Å². The molecule has 0 saturated heterocycles. The van der Waals surface area contributed by atoms with E-state index < -0.39 is 12.1 Å². The largest absolute Gasteiger partial charge is 0.482 e. The first-order chi connectivity index (χ1) is 15.3. The van der Waals surface area contributed by atoms with Crippen LogP contribution in [0.25, 0.3) is 16.6 Å². The van der Waals surface area contributed by atoms with E-state index in [1.54, 1.807) is 54.2 Å². The Morgan fingerprint density at radius 1 is 1.06 bits per heavy atom. The Hall–Kier alpha value is -3.45. The molecule has 1 aromatic heterocycles. The molecule has 5 nitrogen and oxygen atoms in total. The van der Waals surface area contributed by atoms with Gasteiger partial charge in [0.15, 0.2) is 0 Å². The first-order valence-corrected chi connectivity index (χ1v) is 10.3. The number of halogens is 3. The highest BCUT2D eigenvalue weighted by Crippen LogP contribution is 2.35. The molecule has 0 fully saturated rings. The van der Waals surface area contributed by atoms with E-state index in [9.17, 15) is 13.6 Å². The Morgan fingerprint density at radius 3 is 2.31 bits per heavy atom. The van der Waals surface area contributed by atoms with E-state index in [1.807, 2.05) is 0 Å². The van der Waals surface area contributed by atoms with E-state index in [-0.39, 0.29) is 17.5 Å². The molecule has 8 heteroatoms. The average molecular weight is 456 g/mol. The van der Waals surface area contributed by atoms with Crippen molar-refractivity contribution >= 4 is 28.4 Å². The zero-order chi connectivity index (χ0) is 22.8. The summed E-state index contributed by atoms with van der Waals surface area (Å²) in [6.07, 6.45) is 1.05.